The molecule has 2 heterocycles. The van der Waals surface area contributed by atoms with Crippen LogP contribution in [0.15, 0.2) is 20.9 Å². The monoisotopic (exact) mass is 736 g/mol. The number of carbonyl (C=O) groups is 1. The number of rotatable bonds is 28. The molecule has 17 heteroatoms. The molecule has 1 aromatic heterocycles. The summed E-state index contributed by atoms with van der Waals surface area (Å²) in [4.78, 5) is 53.8. The average molecular weight is 737 g/mol. The van der Waals surface area contributed by atoms with Gasteiger partial charge in [-0.1, -0.05) is 102 Å². The Labute approximate surface area is 318 Å². The van der Waals surface area contributed by atoms with Gasteiger partial charge in [-0.05, 0) is 25.8 Å². The summed E-state index contributed by atoms with van der Waals surface area (Å²) >= 11 is 0. The van der Waals surface area contributed by atoms with Gasteiger partial charge in [-0.25, -0.2) is 4.79 Å². The fourth-order valence-electron chi connectivity index (χ4n) is 5.77. The molecule has 0 saturated carbocycles. The van der Waals surface area contributed by atoms with Gasteiger partial charge in [0.25, 0.3) is 13.4 Å². The van der Waals surface area contributed by atoms with Gasteiger partial charge in [0.1, 0.15) is 6.23 Å². The third-order valence-corrected chi connectivity index (χ3v) is 9.54. The second-order valence-electron chi connectivity index (χ2n) is 12.7. The Morgan fingerprint density at radius 1 is 1.06 bits per heavy atom. The Bertz CT molecular complexity index is 1310. The van der Waals surface area contributed by atoms with E-state index in [1.165, 1.54) is 90.2 Å². The van der Waals surface area contributed by atoms with Crippen LogP contribution in [0.25, 0.3) is 10.4 Å². The molecule has 15 nitrogen and oxygen atoms in total. The van der Waals surface area contributed by atoms with Crippen molar-refractivity contribution < 1.29 is 62.3 Å². The number of H-pyrrole nitrogens is 1. The zero-order valence-corrected chi connectivity index (χ0v) is 33.5. The molecule has 5 atom stereocenters. The van der Waals surface area contributed by atoms with Crippen LogP contribution < -0.4 is 51.0 Å². The van der Waals surface area contributed by atoms with E-state index in [9.17, 15) is 23.8 Å². The smallest absolute Gasteiger partial charge is 0.756 e. The molecule has 0 aliphatic carbocycles. The number of nitrogens with zero attached hydrogens (tertiary/aromatic N) is 4. The average Bonchev–Trinajstić information content (AvgIpc) is 3.47. The molecule has 50 heavy (non-hydrogen) atoms. The molecule has 0 spiro atoms. The number of nitrogens with one attached hydrogen (secondary N) is 2. The van der Waals surface area contributed by atoms with Gasteiger partial charge in [-0.15, -0.1) is 0 Å². The van der Waals surface area contributed by atoms with E-state index in [2.05, 4.69) is 27.3 Å². The van der Waals surface area contributed by atoms with Crippen molar-refractivity contribution in [1.29, 1.82) is 0 Å². The molecule has 1 aliphatic rings. The third-order valence-electron chi connectivity index (χ3n) is 8.61. The molecule has 3 unspecified atom stereocenters. The van der Waals surface area contributed by atoms with Gasteiger partial charge < -0.3 is 28.7 Å². The Morgan fingerprint density at radius 3 is 2.20 bits per heavy atom. The minimum Gasteiger partial charge on any atom is -0.756 e. The quantitative estimate of drug-likeness (QED) is 0.0323. The van der Waals surface area contributed by atoms with Crippen LogP contribution in [-0.2, 0) is 27.9 Å². The van der Waals surface area contributed by atoms with E-state index in [1.807, 2.05) is 0 Å². The van der Waals surface area contributed by atoms with E-state index in [0.29, 0.717) is 6.42 Å². The first-order valence-electron chi connectivity index (χ1n) is 18.1. The SMILES string of the molecule is CCCCCCCCCCCCCCCCCC(=O)NCC(COP(=O)([O-])OC[C@H]1O[C@@H](n2cc(C)c(=O)[nH]c2=O)CC1N=[N+]=[N-])OCC.[Na+]. The first kappa shape index (κ1) is 46.5. The van der Waals surface area contributed by atoms with Crippen molar-refractivity contribution in [2.45, 2.75) is 154 Å². The molecule has 1 amide bonds. The van der Waals surface area contributed by atoms with Gasteiger partial charge in [-0.2, -0.15) is 0 Å². The molecular formula is C33H58N6NaO9P. The number of azide groups is 1. The zero-order chi connectivity index (χ0) is 35.9. The second kappa shape index (κ2) is 27.1. The fraction of sp³-hybridized carbons (Fsp3) is 0.848. The van der Waals surface area contributed by atoms with E-state index >= 15 is 0 Å². The molecular weight excluding hydrogens is 678 g/mol. The minimum absolute atomic E-state index is 0. The van der Waals surface area contributed by atoms with E-state index in [1.54, 1.807) is 6.92 Å². The van der Waals surface area contributed by atoms with Gasteiger partial charge in [0, 0.05) is 42.7 Å². The van der Waals surface area contributed by atoms with Crippen molar-refractivity contribution in [3.63, 3.8) is 0 Å². The van der Waals surface area contributed by atoms with Crippen molar-refractivity contribution in [2.75, 3.05) is 26.4 Å². The van der Waals surface area contributed by atoms with Crippen LogP contribution in [0.5, 0.6) is 0 Å². The minimum atomic E-state index is -4.85. The number of phosphoric ester groups is 1. The number of phosphoric acid groups is 1. The molecule has 0 aromatic carbocycles. The number of unbranched alkanes of at least 4 members (excludes halogenated alkanes) is 14. The van der Waals surface area contributed by atoms with E-state index < -0.39 is 50.2 Å². The Morgan fingerprint density at radius 2 is 1.64 bits per heavy atom. The number of hydrogen-bond acceptors (Lipinski definition) is 10. The second-order valence-corrected chi connectivity index (χ2v) is 14.1. The molecule has 0 bridgehead atoms. The van der Waals surface area contributed by atoms with E-state index in [4.69, 9.17) is 24.1 Å². The van der Waals surface area contributed by atoms with Crippen LogP contribution in [0.3, 0.4) is 0 Å². The van der Waals surface area contributed by atoms with E-state index in [0.717, 1.165) is 23.8 Å². The fourth-order valence-corrected chi connectivity index (χ4v) is 6.53. The van der Waals surface area contributed by atoms with Crippen molar-refractivity contribution in [1.82, 2.24) is 14.9 Å². The maximum absolute atomic E-state index is 12.5. The summed E-state index contributed by atoms with van der Waals surface area (Å²) < 4.78 is 35.0. The largest absolute Gasteiger partial charge is 1.00 e. The van der Waals surface area contributed by atoms with Crippen LogP contribution in [-0.4, -0.2) is 60.1 Å². The molecule has 280 valence electrons. The summed E-state index contributed by atoms with van der Waals surface area (Å²) in [5.74, 6) is -0.130. The summed E-state index contributed by atoms with van der Waals surface area (Å²) in [5.41, 5.74) is 7.97. The Hall–Kier alpha value is -1.51. The number of aryl methyl sites for hydroxylation is 1. The Balaban J connectivity index is 0.0000125. The number of aromatic nitrogens is 2. The molecule has 1 fully saturated rings. The number of aromatic amines is 1. The number of carbonyl (C=O) groups excluding carboxylic acids is 1. The van der Waals surface area contributed by atoms with Gasteiger partial charge in [-0.3, -0.25) is 23.7 Å². The molecule has 1 aromatic rings. The molecule has 2 N–H and O–H groups in total. The predicted octanol–water partition coefficient (Wildman–Crippen LogP) is 3.10. The van der Waals surface area contributed by atoms with E-state index in [-0.39, 0.29) is 67.2 Å². The molecule has 2 rings (SSSR count). The Kier molecular flexibility index (Phi) is 25.3. The molecule has 1 saturated heterocycles. The standard InChI is InChI=1S/C33H59N6O9P.Na/c1-4-6-7-8-9-10-11-12-13-14-15-16-17-18-19-20-30(40)35-22-27(45-5-2)24-46-49(43,44)47-25-29-28(37-38-34)21-31(48-29)39-23-26(3)32(41)36-33(39)42;/h23,27-29,31H,4-22,24-25H2,1-3H3,(H,35,40)(H,43,44)(H,36,41,42);/q;+1/p-1/t27?,28?,29-,31-;/m1./s1. The van der Waals surface area contributed by atoms with Gasteiger partial charge in [0.15, 0.2) is 0 Å². The van der Waals surface area contributed by atoms with Gasteiger partial charge in [0.2, 0.25) is 5.91 Å². The molecule has 0 radical (unpaired) electrons. The summed E-state index contributed by atoms with van der Waals surface area (Å²) in [6.07, 6.45) is 17.9. The van der Waals surface area contributed by atoms with Gasteiger partial charge in [0.05, 0.1) is 31.5 Å². The zero-order valence-electron chi connectivity index (χ0n) is 30.6. The summed E-state index contributed by atoms with van der Waals surface area (Å²) in [7, 11) is -4.85. The first-order valence-corrected chi connectivity index (χ1v) is 19.6. The number of ether oxygens (including phenoxy) is 2. The van der Waals surface area contributed by atoms with Crippen LogP contribution >= 0.6 is 7.82 Å². The van der Waals surface area contributed by atoms with Gasteiger partial charge >= 0.3 is 35.2 Å². The molecule has 1 aliphatic heterocycles. The normalized spacial score (nSPS) is 18.9. The topological polar surface area (TPSA) is 210 Å². The van der Waals surface area contributed by atoms with Crippen LogP contribution in [0.1, 0.15) is 135 Å². The van der Waals surface area contributed by atoms with Crippen molar-refractivity contribution >= 4 is 13.7 Å². The van der Waals surface area contributed by atoms with Crippen LogP contribution in [0.4, 0.5) is 0 Å². The summed E-state index contributed by atoms with van der Waals surface area (Å²) in [6.45, 7) is 4.95. The van der Waals surface area contributed by atoms with Crippen molar-refractivity contribution in [3.8, 4) is 0 Å². The van der Waals surface area contributed by atoms with Crippen molar-refractivity contribution in [3.05, 3.63) is 43.0 Å². The van der Waals surface area contributed by atoms with Crippen LogP contribution in [0.2, 0.25) is 0 Å². The summed E-state index contributed by atoms with van der Waals surface area (Å²) in [6, 6.07) is -0.843. The maximum Gasteiger partial charge on any atom is 1.00 e. The maximum atomic E-state index is 12.5. The number of amides is 1. The third kappa shape index (κ3) is 19.4. The number of hydrogen-bond donors (Lipinski definition) is 2. The predicted molar refractivity (Wildman–Crippen MR) is 185 cm³/mol. The summed E-state index contributed by atoms with van der Waals surface area (Å²) in [5, 5.41) is 6.44. The van der Waals surface area contributed by atoms with Crippen LogP contribution in [0, 0.1) is 6.92 Å². The first-order chi connectivity index (χ1) is 23.6. The van der Waals surface area contributed by atoms with Crippen molar-refractivity contribution in [2.24, 2.45) is 5.11 Å².